The van der Waals surface area contributed by atoms with Crippen molar-refractivity contribution in [1.29, 1.82) is 0 Å². The van der Waals surface area contributed by atoms with Crippen LogP contribution in [-0.4, -0.2) is 48.6 Å². The zero-order valence-corrected chi connectivity index (χ0v) is 22.3. The minimum atomic E-state index is -4.47. The van der Waals surface area contributed by atoms with Gasteiger partial charge in [0.2, 0.25) is 5.91 Å². The second-order valence-corrected chi connectivity index (χ2v) is 11.5. The monoisotopic (exact) mass is 582 g/mol. The van der Waals surface area contributed by atoms with Crippen molar-refractivity contribution in [2.45, 2.75) is 63.3 Å². The number of fused-ring (bicyclic) bond motifs is 1. The first-order valence-electron chi connectivity index (χ1n) is 12.8. The number of anilines is 1. The predicted octanol–water partition coefficient (Wildman–Crippen LogP) is 5.30. The summed E-state index contributed by atoms with van der Waals surface area (Å²) in [6, 6.07) is 8.89. The molecule has 2 bridgehead atoms. The Morgan fingerprint density at radius 2 is 1.88 bits per heavy atom. The number of alkyl halides is 3. The predicted molar refractivity (Wildman–Crippen MR) is 137 cm³/mol. The number of hydrogen-bond acceptors (Lipinski definition) is 5. The van der Waals surface area contributed by atoms with E-state index in [1.54, 1.807) is 25.1 Å². The van der Waals surface area contributed by atoms with E-state index in [-0.39, 0.29) is 53.2 Å². The molecule has 0 radical (unpaired) electrons. The summed E-state index contributed by atoms with van der Waals surface area (Å²) >= 11 is 5.64. The molecule has 3 aliphatic carbocycles. The van der Waals surface area contributed by atoms with Crippen LogP contribution in [0.4, 0.5) is 23.2 Å². The quantitative estimate of drug-likeness (QED) is 0.406. The number of rotatable bonds is 9. The maximum absolute atomic E-state index is 13.5. The van der Waals surface area contributed by atoms with Gasteiger partial charge in [0.25, 0.3) is 5.91 Å². The average molecular weight is 583 g/mol. The number of ether oxygens (including phenoxy) is 2. The van der Waals surface area contributed by atoms with Gasteiger partial charge in [0.15, 0.2) is 18.5 Å². The van der Waals surface area contributed by atoms with Crippen molar-refractivity contribution in [2.75, 3.05) is 18.1 Å². The van der Waals surface area contributed by atoms with Crippen LogP contribution < -0.4 is 19.7 Å². The Labute approximate surface area is 232 Å². The summed E-state index contributed by atoms with van der Waals surface area (Å²) < 4.78 is 63.0. The lowest BCUT2D eigenvalue weighted by molar-refractivity contribution is -0.175. The number of nitrogens with one attached hydrogen (secondary N) is 1. The SMILES string of the molecule is Cc1ccc2c(c1)N(C(=O)CCC(F)(F)F)CC(C(=O)CC13CC(NC(=O)COc4ccc(Cl)c(F)c4)(C1)C3)O2. The van der Waals surface area contributed by atoms with Crippen molar-refractivity contribution >= 4 is 34.9 Å². The Balaban J connectivity index is 1.15. The Kier molecular flexibility index (Phi) is 7.22. The lowest BCUT2D eigenvalue weighted by atomic mass is 9.38. The highest BCUT2D eigenvalue weighted by Gasteiger charge is 2.68. The van der Waals surface area contributed by atoms with Crippen LogP contribution in [0.15, 0.2) is 36.4 Å². The molecule has 40 heavy (non-hydrogen) atoms. The van der Waals surface area contributed by atoms with Crippen molar-refractivity contribution in [3.05, 3.63) is 52.8 Å². The molecule has 0 spiro atoms. The summed E-state index contributed by atoms with van der Waals surface area (Å²) in [7, 11) is 0. The Morgan fingerprint density at radius 1 is 1.15 bits per heavy atom. The minimum Gasteiger partial charge on any atom is -0.484 e. The molecule has 2 aromatic rings. The normalized spacial score (nSPS) is 24.6. The second-order valence-electron chi connectivity index (χ2n) is 11.1. The van der Waals surface area contributed by atoms with Gasteiger partial charge in [0, 0.05) is 24.4 Å². The van der Waals surface area contributed by atoms with Crippen molar-refractivity contribution in [3.8, 4) is 11.5 Å². The Hall–Kier alpha value is -3.34. The van der Waals surface area contributed by atoms with Gasteiger partial charge in [-0.15, -0.1) is 0 Å². The van der Waals surface area contributed by atoms with E-state index in [4.69, 9.17) is 21.1 Å². The van der Waals surface area contributed by atoms with Crippen molar-refractivity contribution in [3.63, 3.8) is 0 Å². The molecule has 2 aromatic carbocycles. The van der Waals surface area contributed by atoms with E-state index in [2.05, 4.69) is 5.32 Å². The fraction of sp³-hybridized carbons (Fsp3) is 0.464. The van der Waals surface area contributed by atoms with Crippen LogP contribution in [0, 0.1) is 18.2 Å². The minimum absolute atomic E-state index is 0.0517. The van der Waals surface area contributed by atoms with Gasteiger partial charge in [-0.25, -0.2) is 4.39 Å². The third-order valence-electron chi connectivity index (χ3n) is 7.66. The molecular formula is C28H27ClF4N2O5. The van der Waals surface area contributed by atoms with Crippen LogP contribution >= 0.6 is 11.6 Å². The standard InChI is InChI=1S/C28H27ClF4N2O5/c1-16-2-5-22-20(8-16)35(25(38)6-7-28(31,32)33)11-23(40-22)21(36)10-26-13-27(14-26,15-26)34-24(37)12-39-17-3-4-18(29)19(30)9-17/h2-5,8-9,23H,6-7,10-15H2,1H3,(H,34,37). The molecule has 1 atom stereocenters. The van der Waals surface area contributed by atoms with Crippen LogP contribution in [0.5, 0.6) is 11.5 Å². The molecule has 1 N–H and O–H groups in total. The number of amides is 2. The van der Waals surface area contributed by atoms with E-state index in [1.807, 2.05) is 0 Å². The number of hydrogen-bond donors (Lipinski definition) is 1. The van der Waals surface area contributed by atoms with Gasteiger partial charge < -0.3 is 19.7 Å². The van der Waals surface area contributed by atoms with Gasteiger partial charge >= 0.3 is 6.18 Å². The largest absolute Gasteiger partial charge is 0.484 e. The first kappa shape index (κ1) is 28.2. The van der Waals surface area contributed by atoms with E-state index in [9.17, 15) is 31.9 Å². The fourth-order valence-corrected chi connectivity index (χ4v) is 6.15. The summed E-state index contributed by atoms with van der Waals surface area (Å²) in [6.07, 6.45) is -5.51. The fourth-order valence-electron chi connectivity index (χ4n) is 6.03. The van der Waals surface area contributed by atoms with Gasteiger partial charge in [-0.3, -0.25) is 14.4 Å². The molecule has 3 saturated carbocycles. The van der Waals surface area contributed by atoms with Crippen LogP contribution in [-0.2, 0) is 14.4 Å². The molecule has 12 heteroatoms. The first-order chi connectivity index (χ1) is 18.8. The highest BCUT2D eigenvalue weighted by atomic mass is 35.5. The molecule has 1 heterocycles. The molecule has 0 saturated heterocycles. The summed E-state index contributed by atoms with van der Waals surface area (Å²) in [5, 5.41) is 2.88. The number of nitrogens with zero attached hydrogens (tertiary/aromatic N) is 1. The summed E-state index contributed by atoms with van der Waals surface area (Å²) in [6.45, 7) is 1.32. The second kappa shape index (κ2) is 10.2. The zero-order chi connectivity index (χ0) is 28.9. The average Bonchev–Trinajstić information content (AvgIpc) is 2.84. The molecule has 1 aliphatic heterocycles. The number of benzene rings is 2. The summed E-state index contributed by atoms with van der Waals surface area (Å²) in [4.78, 5) is 39.6. The molecule has 214 valence electrons. The van der Waals surface area contributed by atoms with Gasteiger partial charge in [0.1, 0.15) is 17.3 Å². The van der Waals surface area contributed by atoms with Gasteiger partial charge in [-0.1, -0.05) is 17.7 Å². The third kappa shape index (κ3) is 5.89. The number of aryl methyl sites for hydroxylation is 1. The lowest BCUT2D eigenvalue weighted by Gasteiger charge is -2.70. The van der Waals surface area contributed by atoms with E-state index >= 15 is 0 Å². The molecule has 2 amide bonds. The van der Waals surface area contributed by atoms with Gasteiger partial charge in [-0.05, 0) is 61.4 Å². The van der Waals surface area contributed by atoms with E-state index in [0.717, 1.165) is 11.6 Å². The lowest BCUT2D eigenvalue weighted by Crippen LogP contribution is -2.75. The molecular weight excluding hydrogens is 556 g/mol. The first-order valence-corrected chi connectivity index (χ1v) is 13.2. The van der Waals surface area contributed by atoms with Crippen LogP contribution in [0.2, 0.25) is 5.02 Å². The Morgan fingerprint density at radius 3 is 2.55 bits per heavy atom. The van der Waals surface area contributed by atoms with Crippen molar-refractivity contribution in [1.82, 2.24) is 5.32 Å². The third-order valence-corrected chi connectivity index (χ3v) is 7.97. The number of carbonyl (C=O) groups excluding carboxylic acids is 3. The molecule has 7 nitrogen and oxygen atoms in total. The topological polar surface area (TPSA) is 84.9 Å². The maximum atomic E-state index is 13.5. The van der Waals surface area contributed by atoms with Crippen LogP contribution in [0.1, 0.15) is 44.1 Å². The highest BCUT2D eigenvalue weighted by Crippen LogP contribution is 2.69. The summed E-state index contributed by atoms with van der Waals surface area (Å²) in [5.74, 6) is -1.54. The smallest absolute Gasteiger partial charge is 0.389 e. The zero-order valence-electron chi connectivity index (χ0n) is 21.6. The number of ketones is 1. The molecule has 0 aromatic heterocycles. The number of Topliss-reactive ketones (excluding diaryl/α,β-unsaturated/α-hetero) is 1. The molecule has 1 unspecified atom stereocenters. The van der Waals surface area contributed by atoms with Crippen LogP contribution in [0.25, 0.3) is 0 Å². The molecule has 3 fully saturated rings. The number of halogens is 5. The summed E-state index contributed by atoms with van der Waals surface area (Å²) in [5.41, 5.74) is 0.426. The van der Waals surface area contributed by atoms with E-state index in [0.29, 0.717) is 24.9 Å². The van der Waals surface area contributed by atoms with Crippen molar-refractivity contribution in [2.24, 2.45) is 5.41 Å². The van der Waals surface area contributed by atoms with Gasteiger partial charge in [0.05, 0.1) is 23.7 Å². The highest BCUT2D eigenvalue weighted by molar-refractivity contribution is 6.30. The number of carbonyl (C=O) groups is 3. The van der Waals surface area contributed by atoms with Gasteiger partial charge in [-0.2, -0.15) is 13.2 Å². The van der Waals surface area contributed by atoms with E-state index in [1.165, 1.54) is 17.0 Å². The van der Waals surface area contributed by atoms with Crippen molar-refractivity contribution < 1.29 is 41.4 Å². The molecule has 4 aliphatic rings. The van der Waals surface area contributed by atoms with E-state index < -0.39 is 42.4 Å². The maximum Gasteiger partial charge on any atom is 0.389 e. The molecule has 6 rings (SSSR count). The van der Waals surface area contributed by atoms with Crippen LogP contribution in [0.3, 0.4) is 0 Å². The Bertz CT molecular complexity index is 1340.